The average Bonchev–Trinajstić information content (AvgIpc) is 2.43. The summed E-state index contributed by atoms with van der Waals surface area (Å²) in [5.74, 6) is -0.503. The molecule has 2 rings (SSSR count). The number of benzene rings is 2. The van der Waals surface area contributed by atoms with Crippen LogP contribution in [0.5, 0.6) is 0 Å². The lowest BCUT2D eigenvalue weighted by Gasteiger charge is -2.08. The Morgan fingerprint density at radius 1 is 1.25 bits per heavy atom. The number of rotatable bonds is 4. The van der Waals surface area contributed by atoms with Gasteiger partial charge in [-0.3, -0.25) is 4.79 Å². The van der Waals surface area contributed by atoms with Gasteiger partial charge in [0.05, 0.1) is 6.42 Å². The maximum Gasteiger partial charge on any atom is 0.228 e. The van der Waals surface area contributed by atoms with Crippen LogP contribution in [0.3, 0.4) is 0 Å². The van der Waals surface area contributed by atoms with Crippen molar-refractivity contribution in [3.63, 3.8) is 0 Å². The number of anilines is 1. The quantitative estimate of drug-likeness (QED) is 0.899. The molecule has 0 aliphatic rings. The molecule has 0 atom stereocenters. The fourth-order valence-electron chi connectivity index (χ4n) is 1.98. The van der Waals surface area contributed by atoms with Gasteiger partial charge in [0, 0.05) is 12.2 Å². The van der Waals surface area contributed by atoms with E-state index in [0.29, 0.717) is 17.8 Å². The first-order valence-electron chi connectivity index (χ1n) is 6.42. The maximum absolute atomic E-state index is 13.2. The standard InChI is InChI=1S/C16H17FN2O/c1-11-5-6-14(17)8-13(11)9-16(20)19-15-4-2-3-12(7-15)10-18/h2-8H,9-10,18H2,1H3,(H,19,20). The molecule has 4 heteroatoms. The van der Waals surface area contributed by atoms with Gasteiger partial charge in [0.25, 0.3) is 0 Å². The van der Waals surface area contributed by atoms with Gasteiger partial charge in [0.1, 0.15) is 5.82 Å². The molecular weight excluding hydrogens is 255 g/mol. The molecule has 20 heavy (non-hydrogen) atoms. The average molecular weight is 272 g/mol. The van der Waals surface area contributed by atoms with Crippen molar-refractivity contribution in [2.24, 2.45) is 5.73 Å². The number of nitrogens with one attached hydrogen (secondary N) is 1. The largest absolute Gasteiger partial charge is 0.326 e. The van der Waals surface area contributed by atoms with Crippen molar-refractivity contribution < 1.29 is 9.18 Å². The molecule has 0 radical (unpaired) electrons. The summed E-state index contributed by atoms with van der Waals surface area (Å²) in [6.07, 6.45) is 0.149. The summed E-state index contributed by atoms with van der Waals surface area (Å²) >= 11 is 0. The third-order valence-corrected chi connectivity index (χ3v) is 3.11. The smallest absolute Gasteiger partial charge is 0.228 e. The van der Waals surface area contributed by atoms with Gasteiger partial charge in [0.15, 0.2) is 0 Å². The molecule has 0 aliphatic heterocycles. The second kappa shape index (κ2) is 6.30. The van der Waals surface area contributed by atoms with E-state index in [4.69, 9.17) is 5.73 Å². The third-order valence-electron chi connectivity index (χ3n) is 3.11. The van der Waals surface area contributed by atoms with Gasteiger partial charge < -0.3 is 11.1 Å². The Balaban J connectivity index is 2.07. The summed E-state index contributed by atoms with van der Waals surface area (Å²) in [5.41, 5.74) is 8.80. The number of amides is 1. The van der Waals surface area contributed by atoms with Crippen molar-refractivity contribution in [3.05, 3.63) is 65.0 Å². The zero-order valence-corrected chi connectivity index (χ0v) is 11.3. The van der Waals surface area contributed by atoms with Gasteiger partial charge in [-0.15, -0.1) is 0 Å². The normalized spacial score (nSPS) is 10.3. The topological polar surface area (TPSA) is 55.1 Å². The van der Waals surface area contributed by atoms with Gasteiger partial charge >= 0.3 is 0 Å². The minimum absolute atomic E-state index is 0.149. The first-order valence-corrected chi connectivity index (χ1v) is 6.42. The highest BCUT2D eigenvalue weighted by Gasteiger charge is 2.08. The molecule has 0 bridgehead atoms. The van der Waals surface area contributed by atoms with Crippen molar-refractivity contribution in [2.75, 3.05) is 5.32 Å². The molecule has 0 aliphatic carbocycles. The first-order chi connectivity index (χ1) is 9.58. The first kappa shape index (κ1) is 14.2. The van der Waals surface area contributed by atoms with E-state index >= 15 is 0 Å². The monoisotopic (exact) mass is 272 g/mol. The summed E-state index contributed by atoms with van der Waals surface area (Å²) in [6.45, 7) is 2.28. The van der Waals surface area contributed by atoms with Crippen LogP contribution in [0.2, 0.25) is 0 Å². The van der Waals surface area contributed by atoms with Crippen LogP contribution < -0.4 is 11.1 Å². The van der Waals surface area contributed by atoms with Crippen LogP contribution in [0, 0.1) is 12.7 Å². The third kappa shape index (κ3) is 3.65. The zero-order chi connectivity index (χ0) is 14.5. The number of aryl methyl sites for hydroxylation is 1. The number of halogens is 1. The Hall–Kier alpha value is -2.20. The fraction of sp³-hybridized carbons (Fsp3) is 0.188. The SMILES string of the molecule is Cc1ccc(F)cc1CC(=O)Nc1cccc(CN)c1. The number of nitrogens with two attached hydrogens (primary N) is 1. The number of carbonyl (C=O) groups excluding carboxylic acids is 1. The summed E-state index contributed by atoms with van der Waals surface area (Å²) in [4.78, 5) is 12.0. The molecule has 104 valence electrons. The van der Waals surface area contributed by atoms with Crippen LogP contribution in [0.25, 0.3) is 0 Å². The Kier molecular flexibility index (Phi) is 4.48. The molecule has 3 nitrogen and oxygen atoms in total. The van der Waals surface area contributed by atoms with E-state index < -0.39 is 0 Å². The van der Waals surface area contributed by atoms with Gasteiger partial charge in [0.2, 0.25) is 5.91 Å². The molecule has 2 aromatic carbocycles. The molecule has 0 spiro atoms. The molecule has 0 saturated heterocycles. The van der Waals surface area contributed by atoms with Gasteiger partial charge in [-0.25, -0.2) is 4.39 Å². The minimum Gasteiger partial charge on any atom is -0.326 e. The van der Waals surface area contributed by atoms with E-state index in [1.165, 1.54) is 12.1 Å². The Bertz CT molecular complexity index is 626. The molecule has 0 fully saturated rings. The summed E-state index contributed by atoms with van der Waals surface area (Å²) in [6, 6.07) is 11.8. The Morgan fingerprint density at radius 3 is 2.80 bits per heavy atom. The van der Waals surface area contributed by atoms with E-state index in [-0.39, 0.29) is 18.1 Å². The highest BCUT2D eigenvalue weighted by atomic mass is 19.1. The van der Waals surface area contributed by atoms with Crippen molar-refractivity contribution in [1.29, 1.82) is 0 Å². The van der Waals surface area contributed by atoms with Crippen LogP contribution in [0.4, 0.5) is 10.1 Å². The van der Waals surface area contributed by atoms with Crippen molar-refractivity contribution in [3.8, 4) is 0 Å². The predicted octanol–water partition coefficient (Wildman–Crippen LogP) is 2.77. The second-order valence-electron chi connectivity index (χ2n) is 4.70. The van der Waals surface area contributed by atoms with Crippen LogP contribution in [0.1, 0.15) is 16.7 Å². The van der Waals surface area contributed by atoms with Crippen LogP contribution >= 0.6 is 0 Å². The molecule has 0 heterocycles. The van der Waals surface area contributed by atoms with Crippen LogP contribution in [-0.4, -0.2) is 5.91 Å². The van der Waals surface area contributed by atoms with E-state index in [1.54, 1.807) is 12.1 Å². The minimum atomic E-state index is -0.330. The fourth-order valence-corrected chi connectivity index (χ4v) is 1.98. The lowest BCUT2D eigenvalue weighted by Crippen LogP contribution is -2.15. The Morgan fingerprint density at radius 2 is 2.05 bits per heavy atom. The van der Waals surface area contributed by atoms with E-state index in [0.717, 1.165) is 11.1 Å². The number of hydrogen-bond acceptors (Lipinski definition) is 2. The highest BCUT2D eigenvalue weighted by molar-refractivity contribution is 5.92. The van der Waals surface area contributed by atoms with E-state index in [9.17, 15) is 9.18 Å². The van der Waals surface area contributed by atoms with Crippen LogP contribution in [0.15, 0.2) is 42.5 Å². The lowest BCUT2D eigenvalue weighted by molar-refractivity contribution is -0.115. The van der Waals surface area contributed by atoms with Gasteiger partial charge in [-0.2, -0.15) is 0 Å². The highest BCUT2D eigenvalue weighted by Crippen LogP contribution is 2.14. The molecule has 0 unspecified atom stereocenters. The van der Waals surface area contributed by atoms with Crippen molar-refractivity contribution in [2.45, 2.75) is 19.9 Å². The van der Waals surface area contributed by atoms with Crippen molar-refractivity contribution >= 4 is 11.6 Å². The molecule has 0 aromatic heterocycles. The Labute approximate surface area is 117 Å². The molecule has 3 N–H and O–H groups in total. The zero-order valence-electron chi connectivity index (χ0n) is 11.3. The molecule has 0 saturated carbocycles. The summed E-state index contributed by atoms with van der Waals surface area (Å²) in [5, 5.41) is 2.79. The predicted molar refractivity (Wildman–Crippen MR) is 77.8 cm³/mol. The van der Waals surface area contributed by atoms with Gasteiger partial charge in [-0.1, -0.05) is 18.2 Å². The molecule has 1 amide bonds. The van der Waals surface area contributed by atoms with Crippen molar-refractivity contribution in [1.82, 2.24) is 0 Å². The maximum atomic E-state index is 13.2. The number of hydrogen-bond donors (Lipinski definition) is 2. The summed E-state index contributed by atoms with van der Waals surface area (Å²) < 4.78 is 13.2. The second-order valence-corrected chi connectivity index (χ2v) is 4.70. The van der Waals surface area contributed by atoms with Gasteiger partial charge in [-0.05, 0) is 47.9 Å². The summed E-state index contributed by atoms with van der Waals surface area (Å²) in [7, 11) is 0. The van der Waals surface area contributed by atoms with E-state index in [2.05, 4.69) is 5.32 Å². The van der Waals surface area contributed by atoms with Crippen LogP contribution in [-0.2, 0) is 17.8 Å². The molecular formula is C16H17FN2O. The number of carbonyl (C=O) groups is 1. The lowest BCUT2D eigenvalue weighted by atomic mass is 10.1. The van der Waals surface area contributed by atoms with E-state index in [1.807, 2.05) is 25.1 Å². The molecule has 2 aromatic rings.